The second-order valence-corrected chi connectivity index (χ2v) is 5.16. The number of aliphatic hydroxyl groups excluding tert-OH is 1. The van der Waals surface area contributed by atoms with Crippen molar-refractivity contribution in [1.82, 2.24) is 4.57 Å². The van der Waals surface area contributed by atoms with Gasteiger partial charge in [0, 0.05) is 30.8 Å². The van der Waals surface area contributed by atoms with Gasteiger partial charge in [-0.15, -0.1) is 0 Å². The first-order valence-corrected chi connectivity index (χ1v) is 7.04. The predicted molar refractivity (Wildman–Crippen MR) is 83.8 cm³/mol. The summed E-state index contributed by atoms with van der Waals surface area (Å²) in [7, 11) is 2.09. The lowest BCUT2D eigenvalue weighted by Crippen LogP contribution is -1.87. The number of aromatic nitrogens is 1. The molecule has 2 nitrogen and oxygen atoms in total. The molecule has 0 saturated carbocycles. The average molecular weight is 265 g/mol. The lowest BCUT2D eigenvalue weighted by Gasteiger charge is -2.06. The van der Waals surface area contributed by atoms with E-state index in [9.17, 15) is 0 Å². The fourth-order valence-corrected chi connectivity index (χ4v) is 2.87. The zero-order valence-electron chi connectivity index (χ0n) is 11.7. The van der Waals surface area contributed by atoms with Crippen LogP contribution < -0.4 is 0 Å². The third kappa shape index (κ3) is 2.23. The average Bonchev–Trinajstić information content (AvgIpc) is 2.83. The molecule has 102 valence electrons. The number of rotatable bonds is 4. The van der Waals surface area contributed by atoms with Crippen molar-refractivity contribution < 1.29 is 5.11 Å². The van der Waals surface area contributed by atoms with Gasteiger partial charge in [0.05, 0.1) is 5.52 Å². The summed E-state index contributed by atoms with van der Waals surface area (Å²) in [5, 5.41) is 10.3. The number of benzene rings is 2. The Morgan fingerprint density at radius 2 is 1.80 bits per heavy atom. The van der Waals surface area contributed by atoms with E-state index in [4.69, 9.17) is 5.11 Å². The minimum Gasteiger partial charge on any atom is -0.396 e. The summed E-state index contributed by atoms with van der Waals surface area (Å²) >= 11 is 0. The minimum atomic E-state index is 0.245. The topological polar surface area (TPSA) is 25.2 Å². The van der Waals surface area contributed by atoms with Crippen LogP contribution in [0, 0.1) is 0 Å². The van der Waals surface area contributed by atoms with Crippen LogP contribution in [0.25, 0.3) is 22.0 Å². The molecule has 20 heavy (non-hydrogen) atoms. The van der Waals surface area contributed by atoms with E-state index in [1.807, 2.05) is 6.07 Å². The molecule has 0 amide bonds. The molecule has 0 unspecified atom stereocenters. The molecule has 1 N–H and O–H groups in total. The molecule has 3 rings (SSSR count). The van der Waals surface area contributed by atoms with Crippen LogP contribution in [0.2, 0.25) is 0 Å². The number of fused-ring (bicyclic) bond motifs is 1. The maximum Gasteiger partial charge on any atom is 0.0560 e. The van der Waals surface area contributed by atoms with Crippen molar-refractivity contribution in [2.45, 2.75) is 12.8 Å². The van der Waals surface area contributed by atoms with Gasteiger partial charge in [-0.2, -0.15) is 0 Å². The van der Waals surface area contributed by atoms with Crippen LogP contribution in [0.5, 0.6) is 0 Å². The Morgan fingerprint density at radius 1 is 1.00 bits per heavy atom. The van der Waals surface area contributed by atoms with E-state index in [0.717, 1.165) is 12.8 Å². The van der Waals surface area contributed by atoms with E-state index in [-0.39, 0.29) is 6.61 Å². The monoisotopic (exact) mass is 265 g/mol. The summed E-state index contributed by atoms with van der Waals surface area (Å²) in [5.74, 6) is 0. The van der Waals surface area contributed by atoms with Gasteiger partial charge in [-0.25, -0.2) is 0 Å². The summed E-state index contributed by atoms with van der Waals surface area (Å²) < 4.78 is 2.20. The van der Waals surface area contributed by atoms with E-state index < -0.39 is 0 Å². The molecule has 0 fully saturated rings. The smallest absolute Gasteiger partial charge is 0.0560 e. The molecule has 2 aromatic carbocycles. The largest absolute Gasteiger partial charge is 0.396 e. The SMILES string of the molecule is Cn1cc(CCCO)c2cccc(-c3ccccc3)c21. The Kier molecular flexibility index (Phi) is 3.57. The molecule has 1 heterocycles. The van der Waals surface area contributed by atoms with Crippen LogP contribution in [0.3, 0.4) is 0 Å². The third-order valence-electron chi connectivity index (χ3n) is 3.77. The van der Waals surface area contributed by atoms with Crippen LogP contribution in [-0.4, -0.2) is 16.3 Å². The predicted octanol–water partition coefficient (Wildman–Crippen LogP) is 3.77. The Labute approximate surface area is 119 Å². The Balaban J connectivity index is 2.18. The molecule has 0 aliphatic rings. The van der Waals surface area contributed by atoms with Crippen LogP contribution in [0.1, 0.15) is 12.0 Å². The Morgan fingerprint density at radius 3 is 2.55 bits per heavy atom. The Hall–Kier alpha value is -2.06. The van der Waals surface area contributed by atoms with Gasteiger partial charge in [-0.05, 0) is 24.0 Å². The zero-order valence-corrected chi connectivity index (χ0v) is 11.7. The first-order valence-electron chi connectivity index (χ1n) is 7.04. The van der Waals surface area contributed by atoms with Gasteiger partial charge < -0.3 is 9.67 Å². The highest BCUT2D eigenvalue weighted by atomic mass is 16.2. The van der Waals surface area contributed by atoms with Crippen molar-refractivity contribution in [1.29, 1.82) is 0 Å². The maximum atomic E-state index is 9.03. The van der Waals surface area contributed by atoms with Crippen molar-refractivity contribution >= 4 is 10.9 Å². The highest BCUT2D eigenvalue weighted by Gasteiger charge is 2.11. The van der Waals surface area contributed by atoms with E-state index in [1.165, 1.54) is 27.6 Å². The number of nitrogens with zero attached hydrogens (tertiary/aromatic N) is 1. The summed E-state index contributed by atoms with van der Waals surface area (Å²) in [5.41, 5.74) is 5.09. The number of hydrogen-bond acceptors (Lipinski definition) is 1. The molecular weight excluding hydrogens is 246 g/mol. The number of aliphatic hydroxyl groups is 1. The summed E-state index contributed by atoms with van der Waals surface area (Å²) in [6, 6.07) is 17.0. The molecule has 0 spiro atoms. The van der Waals surface area contributed by atoms with Crippen LogP contribution in [0.4, 0.5) is 0 Å². The normalized spacial score (nSPS) is 11.1. The molecule has 0 aliphatic heterocycles. The molecule has 0 bridgehead atoms. The standard InChI is InChI=1S/C18H19NO/c1-19-13-15(9-6-12-20)17-11-5-10-16(18(17)19)14-7-3-2-4-8-14/h2-5,7-8,10-11,13,20H,6,9,12H2,1H3. The number of hydrogen-bond donors (Lipinski definition) is 1. The molecule has 0 atom stereocenters. The first-order chi connectivity index (χ1) is 9.81. The summed E-state index contributed by atoms with van der Waals surface area (Å²) in [6.07, 6.45) is 3.92. The highest BCUT2D eigenvalue weighted by Crippen LogP contribution is 2.31. The number of aryl methyl sites for hydroxylation is 2. The van der Waals surface area contributed by atoms with Gasteiger partial charge >= 0.3 is 0 Å². The quantitative estimate of drug-likeness (QED) is 0.763. The number of para-hydroxylation sites is 1. The zero-order chi connectivity index (χ0) is 13.9. The first kappa shape index (κ1) is 12.9. The van der Waals surface area contributed by atoms with Gasteiger partial charge in [0.15, 0.2) is 0 Å². The second kappa shape index (κ2) is 5.51. The Bertz CT molecular complexity index is 713. The van der Waals surface area contributed by atoms with Crippen molar-refractivity contribution in [2.75, 3.05) is 6.61 Å². The molecular formula is C18H19NO. The van der Waals surface area contributed by atoms with Gasteiger partial charge in [0.2, 0.25) is 0 Å². The van der Waals surface area contributed by atoms with Gasteiger partial charge in [-0.1, -0.05) is 48.5 Å². The van der Waals surface area contributed by atoms with Crippen molar-refractivity contribution in [3.63, 3.8) is 0 Å². The fraction of sp³-hybridized carbons (Fsp3) is 0.222. The second-order valence-electron chi connectivity index (χ2n) is 5.16. The molecule has 3 aromatic rings. The lowest BCUT2D eigenvalue weighted by atomic mass is 10.0. The van der Waals surface area contributed by atoms with Crippen LogP contribution in [-0.2, 0) is 13.5 Å². The van der Waals surface area contributed by atoms with E-state index in [2.05, 4.69) is 60.3 Å². The highest BCUT2D eigenvalue weighted by molar-refractivity contribution is 5.96. The molecule has 1 aromatic heterocycles. The minimum absolute atomic E-state index is 0.245. The summed E-state index contributed by atoms with van der Waals surface area (Å²) in [6.45, 7) is 0.245. The van der Waals surface area contributed by atoms with Gasteiger partial charge in [0.1, 0.15) is 0 Å². The summed E-state index contributed by atoms with van der Waals surface area (Å²) in [4.78, 5) is 0. The van der Waals surface area contributed by atoms with E-state index in [0.29, 0.717) is 0 Å². The van der Waals surface area contributed by atoms with Crippen molar-refractivity contribution in [3.8, 4) is 11.1 Å². The lowest BCUT2D eigenvalue weighted by molar-refractivity contribution is 0.288. The van der Waals surface area contributed by atoms with Crippen LogP contribution in [0.15, 0.2) is 54.7 Å². The molecule has 0 saturated heterocycles. The molecule has 0 radical (unpaired) electrons. The molecule has 0 aliphatic carbocycles. The van der Waals surface area contributed by atoms with E-state index in [1.54, 1.807) is 0 Å². The van der Waals surface area contributed by atoms with Gasteiger partial charge in [-0.3, -0.25) is 0 Å². The fourth-order valence-electron chi connectivity index (χ4n) is 2.87. The van der Waals surface area contributed by atoms with Crippen molar-refractivity contribution in [3.05, 3.63) is 60.3 Å². The van der Waals surface area contributed by atoms with Crippen LogP contribution >= 0.6 is 0 Å². The van der Waals surface area contributed by atoms with Gasteiger partial charge in [0.25, 0.3) is 0 Å². The van der Waals surface area contributed by atoms with Crippen molar-refractivity contribution in [2.24, 2.45) is 7.05 Å². The van der Waals surface area contributed by atoms with E-state index >= 15 is 0 Å². The third-order valence-corrected chi connectivity index (χ3v) is 3.77. The molecule has 2 heteroatoms. The maximum absolute atomic E-state index is 9.03.